The maximum absolute atomic E-state index is 12.4. The van der Waals surface area contributed by atoms with Crippen molar-refractivity contribution in [2.75, 3.05) is 26.2 Å². The monoisotopic (exact) mass is 397 g/mol. The van der Waals surface area contributed by atoms with Gasteiger partial charge in [-0.1, -0.05) is 12.1 Å². The third-order valence-electron chi connectivity index (χ3n) is 5.83. The topological polar surface area (TPSA) is 52.7 Å². The number of likely N-dealkylation sites (tertiary alicyclic amines) is 1. The molecule has 4 rings (SSSR count). The van der Waals surface area contributed by atoms with E-state index >= 15 is 0 Å². The van der Waals surface area contributed by atoms with Crippen molar-refractivity contribution in [3.8, 4) is 0 Å². The summed E-state index contributed by atoms with van der Waals surface area (Å²) in [4.78, 5) is 30.4. The molecule has 1 N–H and O–H groups in total. The predicted octanol–water partition coefficient (Wildman–Crippen LogP) is 3.22. The van der Waals surface area contributed by atoms with E-state index in [0.29, 0.717) is 13.1 Å². The summed E-state index contributed by atoms with van der Waals surface area (Å²) in [5.74, 6) is 0.155. The molecule has 0 saturated carbocycles. The molecule has 2 amide bonds. The molecule has 1 aromatic heterocycles. The summed E-state index contributed by atoms with van der Waals surface area (Å²) in [6.07, 6.45) is 3.22. The molecule has 28 heavy (non-hydrogen) atoms. The fourth-order valence-electron chi connectivity index (χ4n) is 4.09. The van der Waals surface area contributed by atoms with Crippen molar-refractivity contribution >= 4 is 23.2 Å². The van der Waals surface area contributed by atoms with E-state index < -0.39 is 0 Å². The second-order valence-corrected chi connectivity index (χ2v) is 8.67. The van der Waals surface area contributed by atoms with Crippen molar-refractivity contribution in [3.05, 3.63) is 57.3 Å². The molecular formula is C22H27N3O2S. The van der Waals surface area contributed by atoms with Crippen LogP contribution in [0.3, 0.4) is 0 Å². The quantitative estimate of drug-likeness (QED) is 0.843. The van der Waals surface area contributed by atoms with Crippen LogP contribution < -0.4 is 5.32 Å². The van der Waals surface area contributed by atoms with Crippen LogP contribution in [0, 0.1) is 0 Å². The first-order valence-electron chi connectivity index (χ1n) is 10.1. The fourth-order valence-corrected chi connectivity index (χ4v) is 5.05. The van der Waals surface area contributed by atoms with Gasteiger partial charge in [0.25, 0.3) is 5.91 Å². The van der Waals surface area contributed by atoms with Crippen LogP contribution in [0.2, 0.25) is 0 Å². The zero-order valence-corrected chi connectivity index (χ0v) is 17.1. The van der Waals surface area contributed by atoms with Gasteiger partial charge in [0.05, 0.1) is 6.54 Å². The summed E-state index contributed by atoms with van der Waals surface area (Å²) in [7, 11) is 0. The van der Waals surface area contributed by atoms with Crippen molar-refractivity contribution in [1.29, 1.82) is 0 Å². The smallest absolute Gasteiger partial charge is 0.253 e. The first-order valence-corrected chi connectivity index (χ1v) is 10.9. The number of carbonyl (C=O) groups excluding carboxylic acids is 2. The Hall–Kier alpha value is -2.18. The van der Waals surface area contributed by atoms with Gasteiger partial charge in [0.2, 0.25) is 5.91 Å². The van der Waals surface area contributed by atoms with E-state index in [-0.39, 0.29) is 17.9 Å². The molecule has 2 aromatic rings. The molecule has 0 bridgehead atoms. The zero-order valence-electron chi connectivity index (χ0n) is 16.3. The van der Waals surface area contributed by atoms with Gasteiger partial charge < -0.3 is 10.2 Å². The Morgan fingerprint density at radius 3 is 2.61 bits per heavy atom. The first kappa shape index (κ1) is 19.2. The average molecular weight is 398 g/mol. The third kappa shape index (κ3) is 4.13. The second-order valence-electron chi connectivity index (χ2n) is 7.67. The van der Waals surface area contributed by atoms with Crippen molar-refractivity contribution in [1.82, 2.24) is 15.1 Å². The molecule has 2 aliphatic rings. The summed E-state index contributed by atoms with van der Waals surface area (Å²) in [5.41, 5.74) is 3.10. The van der Waals surface area contributed by atoms with E-state index in [9.17, 15) is 9.59 Å². The van der Waals surface area contributed by atoms with E-state index in [4.69, 9.17) is 0 Å². The maximum atomic E-state index is 12.4. The molecule has 1 atom stereocenters. The van der Waals surface area contributed by atoms with Crippen LogP contribution >= 0.6 is 11.3 Å². The number of hydrogen-bond donors (Lipinski definition) is 1. The van der Waals surface area contributed by atoms with Crippen LogP contribution in [-0.4, -0.2) is 47.8 Å². The van der Waals surface area contributed by atoms with E-state index in [2.05, 4.69) is 28.6 Å². The van der Waals surface area contributed by atoms with Crippen molar-refractivity contribution in [2.24, 2.45) is 0 Å². The minimum Gasteiger partial charge on any atom is -0.351 e. The Morgan fingerprint density at radius 2 is 1.86 bits per heavy atom. The van der Waals surface area contributed by atoms with Gasteiger partial charge in [-0.3, -0.25) is 14.5 Å². The highest BCUT2D eigenvalue weighted by atomic mass is 32.1. The van der Waals surface area contributed by atoms with Gasteiger partial charge in [-0.15, -0.1) is 11.3 Å². The molecule has 1 unspecified atom stereocenters. The Balaban J connectivity index is 1.27. The van der Waals surface area contributed by atoms with Crippen LogP contribution in [0.15, 0.2) is 35.7 Å². The average Bonchev–Trinajstić information content (AvgIpc) is 3.40. The molecule has 0 radical (unpaired) electrons. The lowest BCUT2D eigenvalue weighted by Gasteiger charge is -2.32. The van der Waals surface area contributed by atoms with E-state index in [0.717, 1.165) is 50.0 Å². The number of amides is 2. The number of carbonyl (C=O) groups is 2. The maximum Gasteiger partial charge on any atom is 0.253 e. The Morgan fingerprint density at radius 1 is 1.11 bits per heavy atom. The van der Waals surface area contributed by atoms with E-state index in [1.54, 1.807) is 0 Å². The van der Waals surface area contributed by atoms with Crippen molar-refractivity contribution < 1.29 is 9.59 Å². The largest absolute Gasteiger partial charge is 0.351 e. The molecular weight excluding hydrogens is 370 g/mol. The van der Waals surface area contributed by atoms with Gasteiger partial charge in [-0.25, -0.2) is 0 Å². The van der Waals surface area contributed by atoms with Crippen LogP contribution in [0.5, 0.6) is 0 Å². The highest BCUT2D eigenvalue weighted by molar-refractivity contribution is 7.10. The number of fused-ring (bicyclic) bond motifs is 1. The van der Waals surface area contributed by atoms with Crippen LogP contribution in [-0.2, 0) is 17.8 Å². The Labute approximate surface area is 170 Å². The highest BCUT2D eigenvalue weighted by Gasteiger charge is 2.26. The van der Waals surface area contributed by atoms with Gasteiger partial charge in [0.15, 0.2) is 0 Å². The number of hydrogen-bond acceptors (Lipinski definition) is 4. The van der Waals surface area contributed by atoms with Crippen molar-refractivity contribution in [3.63, 3.8) is 0 Å². The first-order chi connectivity index (χ1) is 13.6. The third-order valence-corrected chi connectivity index (χ3v) is 6.83. The van der Waals surface area contributed by atoms with Gasteiger partial charge >= 0.3 is 0 Å². The fraction of sp³-hybridized carbons (Fsp3) is 0.455. The van der Waals surface area contributed by atoms with E-state index in [1.807, 2.05) is 40.5 Å². The molecule has 1 aromatic carbocycles. The van der Waals surface area contributed by atoms with E-state index in [1.165, 1.54) is 10.4 Å². The van der Waals surface area contributed by atoms with Crippen molar-refractivity contribution in [2.45, 2.75) is 38.8 Å². The summed E-state index contributed by atoms with van der Waals surface area (Å²) in [6.45, 7) is 5.73. The molecule has 0 spiro atoms. The normalized spacial score (nSPS) is 19.5. The Kier molecular flexibility index (Phi) is 5.78. The molecule has 2 aliphatic heterocycles. The number of nitrogens with one attached hydrogen (secondary N) is 1. The second kappa shape index (κ2) is 8.45. The Bertz CT molecular complexity index is 840. The molecule has 148 valence electrons. The number of nitrogens with zero attached hydrogens (tertiary/aromatic N) is 2. The number of thiophene rings is 1. The molecule has 6 heteroatoms. The van der Waals surface area contributed by atoms with Crippen LogP contribution in [0.25, 0.3) is 0 Å². The zero-order chi connectivity index (χ0) is 19.5. The van der Waals surface area contributed by atoms with Crippen LogP contribution in [0.4, 0.5) is 0 Å². The number of benzene rings is 1. The predicted molar refractivity (Wildman–Crippen MR) is 111 cm³/mol. The molecule has 0 aliphatic carbocycles. The minimum atomic E-state index is 0.0442. The minimum absolute atomic E-state index is 0.0442. The summed E-state index contributed by atoms with van der Waals surface area (Å²) < 4.78 is 0. The molecule has 1 saturated heterocycles. The van der Waals surface area contributed by atoms with Gasteiger partial charge in [0.1, 0.15) is 0 Å². The lowest BCUT2D eigenvalue weighted by atomic mass is 10.0. The lowest BCUT2D eigenvalue weighted by Crippen LogP contribution is -2.41. The van der Waals surface area contributed by atoms with Gasteiger partial charge in [-0.05, 0) is 60.9 Å². The lowest BCUT2D eigenvalue weighted by molar-refractivity contribution is -0.123. The molecule has 1 fully saturated rings. The highest BCUT2D eigenvalue weighted by Crippen LogP contribution is 2.32. The summed E-state index contributed by atoms with van der Waals surface area (Å²) in [6, 6.07) is 10.1. The molecule has 5 nitrogen and oxygen atoms in total. The number of rotatable bonds is 5. The summed E-state index contributed by atoms with van der Waals surface area (Å²) >= 11 is 1.81. The van der Waals surface area contributed by atoms with Crippen LogP contribution in [0.1, 0.15) is 52.2 Å². The summed E-state index contributed by atoms with van der Waals surface area (Å²) in [5, 5.41) is 5.16. The SMILES string of the molecule is CC1c2ccsc2CCN1CC(=O)NCc1ccc(C(=O)N2CCCC2)cc1. The molecule has 3 heterocycles. The van der Waals surface area contributed by atoms with Gasteiger partial charge in [0, 0.05) is 42.7 Å². The van der Waals surface area contributed by atoms with Gasteiger partial charge in [-0.2, -0.15) is 0 Å². The standard InChI is InChI=1S/C22H27N3O2S/c1-16-19-9-13-28-20(19)8-12-25(16)15-21(26)23-14-17-4-6-18(7-5-17)22(27)24-10-2-3-11-24/h4-7,9,13,16H,2-3,8,10-12,14-15H2,1H3,(H,23,26).